The first-order valence-corrected chi connectivity index (χ1v) is 8.23. The summed E-state index contributed by atoms with van der Waals surface area (Å²) in [5.74, 6) is 0.554. The molecular formula is C17H23N3O3. The van der Waals surface area contributed by atoms with Crippen molar-refractivity contribution >= 4 is 17.7 Å². The zero-order chi connectivity index (χ0) is 16.1. The molecule has 6 nitrogen and oxygen atoms in total. The van der Waals surface area contributed by atoms with E-state index in [4.69, 9.17) is 4.74 Å². The van der Waals surface area contributed by atoms with Crippen molar-refractivity contribution in [2.24, 2.45) is 5.92 Å². The quantitative estimate of drug-likeness (QED) is 0.866. The third-order valence-electron chi connectivity index (χ3n) is 4.37. The number of carbonyl (C=O) groups excluding carboxylic acids is 2. The largest absolute Gasteiger partial charge is 0.447 e. The highest BCUT2D eigenvalue weighted by molar-refractivity contribution is 5.89. The van der Waals surface area contributed by atoms with Gasteiger partial charge in [0.2, 0.25) is 5.91 Å². The molecule has 6 heteroatoms. The molecule has 2 aliphatic rings. The number of piperidine rings is 1. The summed E-state index contributed by atoms with van der Waals surface area (Å²) in [6, 6.07) is 7.64. The van der Waals surface area contributed by atoms with Gasteiger partial charge in [-0.15, -0.1) is 0 Å². The van der Waals surface area contributed by atoms with Crippen LogP contribution in [0.25, 0.3) is 0 Å². The summed E-state index contributed by atoms with van der Waals surface area (Å²) in [6.45, 7) is 3.55. The van der Waals surface area contributed by atoms with Crippen LogP contribution < -0.4 is 15.5 Å². The summed E-state index contributed by atoms with van der Waals surface area (Å²) in [6.07, 6.45) is 2.57. The van der Waals surface area contributed by atoms with Crippen molar-refractivity contribution in [3.05, 3.63) is 29.8 Å². The topological polar surface area (TPSA) is 70.7 Å². The maximum atomic E-state index is 12.0. The van der Waals surface area contributed by atoms with E-state index in [1.807, 2.05) is 24.3 Å². The first-order valence-electron chi connectivity index (χ1n) is 8.23. The first-order chi connectivity index (χ1) is 11.2. The number of rotatable bonds is 5. The fourth-order valence-electron chi connectivity index (χ4n) is 3.05. The average Bonchev–Trinajstić information content (AvgIpc) is 3.00. The van der Waals surface area contributed by atoms with Gasteiger partial charge in [-0.25, -0.2) is 4.79 Å². The monoisotopic (exact) mass is 317 g/mol. The van der Waals surface area contributed by atoms with Gasteiger partial charge in [0.1, 0.15) is 6.61 Å². The zero-order valence-corrected chi connectivity index (χ0v) is 13.2. The minimum atomic E-state index is -0.299. The molecule has 2 fully saturated rings. The standard InChI is InChI=1S/C17H23N3O3/c21-16(10-14-2-1-7-18-11-14)19-12-13-3-5-15(6-4-13)20-8-9-23-17(20)22/h3-6,14,18H,1-2,7-12H2,(H,19,21). The number of hydrogen-bond acceptors (Lipinski definition) is 4. The Kier molecular flexibility index (Phi) is 5.12. The Morgan fingerprint density at radius 2 is 2.17 bits per heavy atom. The Hall–Kier alpha value is -2.08. The molecule has 1 aromatic rings. The molecule has 1 aromatic carbocycles. The number of ether oxygens (including phenoxy) is 1. The Morgan fingerprint density at radius 3 is 2.83 bits per heavy atom. The van der Waals surface area contributed by atoms with Crippen molar-refractivity contribution in [1.82, 2.24) is 10.6 Å². The summed E-state index contributed by atoms with van der Waals surface area (Å²) >= 11 is 0. The van der Waals surface area contributed by atoms with Crippen LogP contribution in [0.2, 0.25) is 0 Å². The van der Waals surface area contributed by atoms with Crippen LogP contribution in [-0.2, 0) is 16.1 Å². The molecule has 2 heterocycles. The fraction of sp³-hybridized carbons (Fsp3) is 0.529. The summed E-state index contributed by atoms with van der Waals surface area (Å²) in [5, 5.41) is 6.30. The van der Waals surface area contributed by atoms with Crippen LogP contribution in [0, 0.1) is 5.92 Å². The van der Waals surface area contributed by atoms with E-state index < -0.39 is 0 Å². The molecule has 2 N–H and O–H groups in total. The maximum absolute atomic E-state index is 12.0. The average molecular weight is 317 g/mol. The molecule has 0 aromatic heterocycles. The van der Waals surface area contributed by atoms with Crippen molar-refractivity contribution < 1.29 is 14.3 Å². The van der Waals surface area contributed by atoms with E-state index in [2.05, 4.69) is 10.6 Å². The van der Waals surface area contributed by atoms with Gasteiger partial charge in [-0.05, 0) is 49.5 Å². The van der Waals surface area contributed by atoms with Crippen LogP contribution in [0.4, 0.5) is 10.5 Å². The summed E-state index contributed by atoms with van der Waals surface area (Å²) in [7, 11) is 0. The Bertz CT molecular complexity index is 553. The molecule has 0 spiro atoms. The number of carbonyl (C=O) groups is 2. The third kappa shape index (κ3) is 4.22. The Morgan fingerprint density at radius 1 is 1.35 bits per heavy atom. The van der Waals surface area contributed by atoms with Crippen molar-refractivity contribution in [2.75, 3.05) is 31.1 Å². The summed E-state index contributed by atoms with van der Waals surface area (Å²) in [4.78, 5) is 25.1. The summed E-state index contributed by atoms with van der Waals surface area (Å²) < 4.78 is 4.93. The van der Waals surface area contributed by atoms with Crippen molar-refractivity contribution in [1.29, 1.82) is 0 Å². The highest BCUT2D eigenvalue weighted by Crippen LogP contribution is 2.19. The number of hydrogen-bond donors (Lipinski definition) is 2. The smallest absolute Gasteiger partial charge is 0.414 e. The predicted molar refractivity (Wildman–Crippen MR) is 87.2 cm³/mol. The number of benzene rings is 1. The molecule has 1 atom stereocenters. The highest BCUT2D eigenvalue weighted by Gasteiger charge is 2.23. The number of amides is 2. The lowest BCUT2D eigenvalue weighted by Crippen LogP contribution is -2.34. The molecule has 2 aliphatic heterocycles. The molecule has 0 radical (unpaired) electrons. The molecular weight excluding hydrogens is 294 g/mol. The molecule has 1 unspecified atom stereocenters. The van der Waals surface area contributed by atoms with Gasteiger partial charge in [-0.2, -0.15) is 0 Å². The maximum Gasteiger partial charge on any atom is 0.414 e. The van der Waals surface area contributed by atoms with Crippen molar-refractivity contribution in [3.8, 4) is 0 Å². The summed E-state index contributed by atoms with van der Waals surface area (Å²) in [5.41, 5.74) is 1.85. The Balaban J connectivity index is 1.46. The van der Waals surface area contributed by atoms with E-state index in [1.54, 1.807) is 4.90 Å². The van der Waals surface area contributed by atoms with Crippen LogP contribution in [0.5, 0.6) is 0 Å². The SMILES string of the molecule is O=C(CC1CCCNC1)NCc1ccc(N2CCOC2=O)cc1. The third-order valence-corrected chi connectivity index (χ3v) is 4.37. The van der Waals surface area contributed by atoms with Crippen molar-refractivity contribution in [3.63, 3.8) is 0 Å². The van der Waals surface area contributed by atoms with Crippen LogP contribution in [-0.4, -0.2) is 38.2 Å². The van der Waals surface area contributed by atoms with Gasteiger partial charge in [0.05, 0.1) is 6.54 Å². The minimum absolute atomic E-state index is 0.103. The lowest BCUT2D eigenvalue weighted by atomic mass is 9.96. The van der Waals surface area contributed by atoms with Gasteiger partial charge in [0.25, 0.3) is 0 Å². The van der Waals surface area contributed by atoms with E-state index >= 15 is 0 Å². The molecule has 2 amide bonds. The Labute approximate surface area is 136 Å². The lowest BCUT2D eigenvalue weighted by Gasteiger charge is -2.22. The number of cyclic esters (lactones) is 1. The number of nitrogens with one attached hydrogen (secondary N) is 2. The molecule has 23 heavy (non-hydrogen) atoms. The van der Waals surface area contributed by atoms with E-state index in [0.717, 1.165) is 37.2 Å². The number of nitrogens with zero attached hydrogens (tertiary/aromatic N) is 1. The number of anilines is 1. The normalized spacial score (nSPS) is 21.1. The van der Waals surface area contributed by atoms with Gasteiger partial charge in [-0.3, -0.25) is 9.69 Å². The second-order valence-electron chi connectivity index (χ2n) is 6.13. The molecule has 0 bridgehead atoms. The second-order valence-corrected chi connectivity index (χ2v) is 6.13. The van der Waals surface area contributed by atoms with Gasteiger partial charge in [-0.1, -0.05) is 12.1 Å². The zero-order valence-electron chi connectivity index (χ0n) is 13.2. The minimum Gasteiger partial charge on any atom is -0.447 e. The van der Waals surface area contributed by atoms with Gasteiger partial charge in [0.15, 0.2) is 0 Å². The van der Waals surface area contributed by atoms with Crippen LogP contribution in [0.15, 0.2) is 24.3 Å². The molecule has 124 valence electrons. The van der Waals surface area contributed by atoms with E-state index in [9.17, 15) is 9.59 Å². The van der Waals surface area contributed by atoms with E-state index in [1.165, 1.54) is 0 Å². The van der Waals surface area contributed by atoms with Gasteiger partial charge >= 0.3 is 6.09 Å². The van der Waals surface area contributed by atoms with E-state index in [-0.39, 0.29) is 12.0 Å². The van der Waals surface area contributed by atoms with Gasteiger partial charge in [0, 0.05) is 18.7 Å². The fourth-order valence-corrected chi connectivity index (χ4v) is 3.05. The molecule has 0 aliphatic carbocycles. The van der Waals surface area contributed by atoms with Crippen LogP contribution in [0.1, 0.15) is 24.8 Å². The van der Waals surface area contributed by atoms with Gasteiger partial charge < -0.3 is 15.4 Å². The molecule has 0 saturated carbocycles. The second kappa shape index (κ2) is 7.46. The van der Waals surface area contributed by atoms with Crippen molar-refractivity contribution in [2.45, 2.75) is 25.8 Å². The molecule has 2 saturated heterocycles. The van der Waals surface area contributed by atoms with E-state index in [0.29, 0.717) is 32.0 Å². The lowest BCUT2D eigenvalue weighted by molar-refractivity contribution is -0.122. The molecule has 3 rings (SSSR count). The van der Waals surface area contributed by atoms with Crippen LogP contribution >= 0.6 is 0 Å². The first kappa shape index (κ1) is 15.8. The highest BCUT2D eigenvalue weighted by atomic mass is 16.6. The van der Waals surface area contributed by atoms with Crippen LogP contribution in [0.3, 0.4) is 0 Å². The predicted octanol–water partition coefficient (Wildman–Crippen LogP) is 1.65.